The molecule has 0 saturated carbocycles. The lowest BCUT2D eigenvalue weighted by Crippen LogP contribution is -1.95. The molecule has 0 saturated heterocycles. The third-order valence-corrected chi connectivity index (χ3v) is 12.2. The Balaban J connectivity index is 1.35. The van der Waals surface area contributed by atoms with Gasteiger partial charge in [-0.05, 0) is 150 Å². The summed E-state index contributed by atoms with van der Waals surface area (Å²) in [5.74, 6) is 0. The number of fused-ring (bicyclic) bond motifs is 11. The molecule has 0 bridgehead atoms. The average molecular weight is 707 g/mol. The lowest BCUT2D eigenvalue weighted by atomic mass is 9.80. The van der Waals surface area contributed by atoms with Crippen LogP contribution in [0.1, 0.15) is 0 Å². The standard InChI is InChI=1S/C56H34/c1-2-16-35(17-3-1)48-30-36-18-6-9-23-41(36)49-33-53-54(34-50(48)49)56(52-32-38-20-5-8-22-40(38)43-25-11-13-27-45(43)52)47-29-15-14-28-46(47)55(53)51-31-37-19-4-7-21-39(37)42-24-10-12-26-44(42)51/h1-34H. The Bertz CT molecular complexity index is 3570. The van der Waals surface area contributed by atoms with Crippen LogP contribution in [0.3, 0.4) is 0 Å². The minimum atomic E-state index is 1.22. The third-order valence-electron chi connectivity index (χ3n) is 12.2. The van der Waals surface area contributed by atoms with Crippen molar-refractivity contribution >= 4 is 86.2 Å². The zero-order valence-electron chi connectivity index (χ0n) is 30.6. The van der Waals surface area contributed by atoms with E-state index in [4.69, 9.17) is 0 Å². The molecule has 0 heteroatoms. The Morgan fingerprint density at radius 1 is 0.179 bits per heavy atom. The van der Waals surface area contributed by atoms with Crippen LogP contribution in [0.2, 0.25) is 0 Å². The molecular formula is C56H34. The molecule has 0 aliphatic carbocycles. The molecule has 0 aliphatic heterocycles. The first-order chi connectivity index (χ1) is 27.8. The van der Waals surface area contributed by atoms with E-state index in [0.717, 1.165) is 0 Å². The summed E-state index contributed by atoms with van der Waals surface area (Å²) in [5.41, 5.74) is 7.56. The van der Waals surface area contributed by atoms with Gasteiger partial charge in [0.15, 0.2) is 0 Å². The van der Waals surface area contributed by atoms with Crippen molar-refractivity contribution in [1.29, 1.82) is 0 Å². The van der Waals surface area contributed by atoms with Gasteiger partial charge in [0, 0.05) is 0 Å². The molecule has 258 valence electrons. The molecule has 0 aromatic heterocycles. The van der Waals surface area contributed by atoms with Crippen LogP contribution >= 0.6 is 0 Å². The normalized spacial score (nSPS) is 11.9. The molecule has 0 amide bonds. The van der Waals surface area contributed by atoms with Crippen LogP contribution in [-0.2, 0) is 0 Å². The zero-order valence-corrected chi connectivity index (χ0v) is 30.6. The SMILES string of the molecule is c1ccc(-c2cc3ccccc3c3cc4c(-c5cc6ccccc6c6ccccc56)c5ccccc5c(-c5cc6ccccc6c6ccccc56)c4cc23)cc1. The summed E-state index contributed by atoms with van der Waals surface area (Å²) < 4.78 is 0. The van der Waals surface area contributed by atoms with Crippen molar-refractivity contribution in [2.45, 2.75) is 0 Å². The number of benzene rings is 12. The van der Waals surface area contributed by atoms with Crippen LogP contribution in [-0.4, -0.2) is 0 Å². The minimum Gasteiger partial charge on any atom is -0.0622 e. The van der Waals surface area contributed by atoms with E-state index in [1.54, 1.807) is 0 Å². The quantitative estimate of drug-likeness (QED) is 0.127. The predicted molar refractivity (Wildman–Crippen MR) is 243 cm³/mol. The lowest BCUT2D eigenvalue weighted by Gasteiger charge is -2.22. The van der Waals surface area contributed by atoms with Crippen molar-refractivity contribution in [2.24, 2.45) is 0 Å². The summed E-state index contributed by atoms with van der Waals surface area (Å²) in [5, 5.41) is 20.2. The molecule has 12 aromatic carbocycles. The van der Waals surface area contributed by atoms with E-state index < -0.39 is 0 Å². The van der Waals surface area contributed by atoms with Gasteiger partial charge in [-0.2, -0.15) is 0 Å². The topological polar surface area (TPSA) is 0 Å². The average Bonchev–Trinajstić information content (AvgIpc) is 3.27. The Morgan fingerprint density at radius 3 is 1.00 bits per heavy atom. The molecule has 0 fully saturated rings. The minimum absolute atomic E-state index is 1.22. The van der Waals surface area contributed by atoms with E-state index in [0.29, 0.717) is 0 Å². The number of hydrogen-bond acceptors (Lipinski definition) is 0. The lowest BCUT2D eigenvalue weighted by molar-refractivity contribution is 1.67. The molecule has 0 N–H and O–H groups in total. The van der Waals surface area contributed by atoms with Crippen molar-refractivity contribution in [3.05, 3.63) is 206 Å². The van der Waals surface area contributed by atoms with E-state index in [2.05, 4.69) is 206 Å². The molecule has 0 radical (unpaired) electrons. The maximum absolute atomic E-state index is 2.53. The second-order valence-corrected chi connectivity index (χ2v) is 15.1. The second-order valence-electron chi connectivity index (χ2n) is 15.1. The summed E-state index contributed by atoms with van der Waals surface area (Å²) in [4.78, 5) is 0. The molecule has 56 heavy (non-hydrogen) atoms. The Labute approximate surface area is 324 Å². The summed E-state index contributed by atoms with van der Waals surface area (Å²) >= 11 is 0. The van der Waals surface area contributed by atoms with Gasteiger partial charge >= 0.3 is 0 Å². The third kappa shape index (κ3) is 4.54. The van der Waals surface area contributed by atoms with Crippen LogP contribution in [0, 0.1) is 0 Å². The van der Waals surface area contributed by atoms with E-state index in [9.17, 15) is 0 Å². The first-order valence-corrected chi connectivity index (χ1v) is 19.5. The molecule has 0 aliphatic rings. The van der Waals surface area contributed by atoms with Gasteiger partial charge in [0.1, 0.15) is 0 Å². The zero-order chi connectivity index (χ0) is 36.7. The maximum Gasteiger partial charge on any atom is -0.00197 e. The molecule has 0 unspecified atom stereocenters. The van der Waals surface area contributed by atoms with Crippen molar-refractivity contribution in [3.8, 4) is 33.4 Å². The fourth-order valence-corrected chi connectivity index (χ4v) is 9.73. The first kappa shape index (κ1) is 31.1. The molecular weight excluding hydrogens is 673 g/mol. The first-order valence-electron chi connectivity index (χ1n) is 19.5. The van der Waals surface area contributed by atoms with Gasteiger partial charge in [-0.15, -0.1) is 0 Å². The van der Waals surface area contributed by atoms with E-state index in [-0.39, 0.29) is 0 Å². The number of rotatable bonds is 3. The molecule has 0 spiro atoms. The fourth-order valence-electron chi connectivity index (χ4n) is 9.73. The van der Waals surface area contributed by atoms with Crippen molar-refractivity contribution < 1.29 is 0 Å². The van der Waals surface area contributed by atoms with E-state index in [1.807, 2.05) is 0 Å². The largest absolute Gasteiger partial charge is 0.0622 e. The van der Waals surface area contributed by atoms with E-state index >= 15 is 0 Å². The van der Waals surface area contributed by atoms with Crippen LogP contribution in [0.4, 0.5) is 0 Å². The van der Waals surface area contributed by atoms with Gasteiger partial charge in [0.05, 0.1) is 0 Å². The summed E-state index contributed by atoms with van der Waals surface area (Å²) in [6.07, 6.45) is 0. The van der Waals surface area contributed by atoms with Crippen LogP contribution in [0.15, 0.2) is 206 Å². The van der Waals surface area contributed by atoms with Crippen LogP contribution in [0.25, 0.3) is 120 Å². The van der Waals surface area contributed by atoms with Gasteiger partial charge in [-0.3, -0.25) is 0 Å². The maximum atomic E-state index is 2.53. The Kier molecular flexibility index (Phi) is 6.73. The summed E-state index contributed by atoms with van der Waals surface area (Å²) in [7, 11) is 0. The molecule has 0 atom stereocenters. The van der Waals surface area contributed by atoms with Crippen molar-refractivity contribution in [2.75, 3.05) is 0 Å². The Hall–Kier alpha value is -7.28. The monoisotopic (exact) mass is 706 g/mol. The van der Waals surface area contributed by atoms with Crippen molar-refractivity contribution in [1.82, 2.24) is 0 Å². The van der Waals surface area contributed by atoms with Gasteiger partial charge in [-0.1, -0.05) is 176 Å². The Morgan fingerprint density at radius 2 is 0.518 bits per heavy atom. The van der Waals surface area contributed by atoms with Gasteiger partial charge in [0.25, 0.3) is 0 Å². The van der Waals surface area contributed by atoms with E-state index in [1.165, 1.54) is 120 Å². The number of hydrogen-bond donors (Lipinski definition) is 0. The second kappa shape index (κ2) is 12.1. The molecule has 0 nitrogen and oxygen atoms in total. The summed E-state index contributed by atoms with van der Waals surface area (Å²) in [6.45, 7) is 0. The van der Waals surface area contributed by atoms with Crippen LogP contribution < -0.4 is 0 Å². The molecule has 12 rings (SSSR count). The predicted octanol–water partition coefficient (Wildman–Crippen LogP) is 15.9. The van der Waals surface area contributed by atoms with Gasteiger partial charge in [0.2, 0.25) is 0 Å². The highest BCUT2D eigenvalue weighted by Crippen LogP contribution is 2.50. The molecule has 0 heterocycles. The van der Waals surface area contributed by atoms with Gasteiger partial charge < -0.3 is 0 Å². The van der Waals surface area contributed by atoms with Gasteiger partial charge in [-0.25, -0.2) is 0 Å². The highest BCUT2D eigenvalue weighted by atomic mass is 14.3. The van der Waals surface area contributed by atoms with Crippen LogP contribution in [0.5, 0.6) is 0 Å². The molecule has 12 aromatic rings. The summed E-state index contributed by atoms with van der Waals surface area (Å²) in [6, 6.07) is 76.9. The highest BCUT2D eigenvalue weighted by molar-refractivity contribution is 6.31. The highest BCUT2D eigenvalue weighted by Gasteiger charge is 2.23. The fraction of sp³-hybridized carbons (Fsp3) is 0. The van der Waals surface area contributed by atoms with Crippen molar-refractivity contribution in [3.63, 3.8) is 0 Å². The smallest absolute Gasteiger partial charge is 0.00197 e.